The molecule has 5 heteroatoms. The van der Waals surface area contributed by atoms with Crippen molar-refractivity contribution >= 4 is 17.3 Å². The van der Waals surface area contributed by atoms with Crippen LogP contribution in [0.5, 0.6) is 5.75 Å². The van der Waals surface area contributed by atoms with E-state index in [1.807, 2.05) is 93.7 Å². The van der Waals surface area contributed by atoms with E-state index in [9.17, 15) is 9.59 Å². The molecular weight excluding hydrogens is 426 g/mol. The number of hydrogen-bond donors (Lipinski definition) is 0. The predicted octanol–water partition coefficient (Wildman–Crippen LogP) is 6.07. The Hall–Kier alpha value is -3.73. The average molecular weight is 456 g/mol. The first kappa shape index (κ1) is 23.4. The third kappa shape index (κ3) is 5.79. The quantitative estimate of drug-likeness (QED) is 0.234. The molecule has 0 fully saturated rings. The summed E-state index contributed by atoms with van der Waals surface area (Å²) in [5, 5.41) is 0. The summed E-state index contributed by atoms with van der Waals surface area (Å²) in [6.45, 7) is 6.02. The molecule has 0 saturated heterocycles. The molecule has 0 bridgehead atoms. The van der Waals surface area contributed by atoms with E-state index >= 15 is 0 Å². The van der Waals surface area contributed by atoms with Crippen LogP contribution in [-0.4, -0.2) is 28.9 Å². The van der Waals surface area contributed by atoms with E-state index in [0.29, 0.717) is 37.0 Å². The molecule has 0 N–H and O–H groups in total. The minimum Gasteiger partial charge on any atom is -0.494 e. The number of aromatic nitrogens is 1. The standard InChI is InChI=1S/C29H29NO4/c1-29(2,3)34-27(31)10-7-17-33-23-13-11-20(12-14-23)22-18-25-24(15-16-26(25)30-19-22)28(32)21-8-5-4-6-9-21/h4-6,8-9,11-15,18-19H,7,10,16-17H2,1-3H3. The van der Waals surface area contributed by atoms with Crippen LogP contribution in [0.4, 0.5) is 0 Å². The molecule has 2 aromatic carbocycles. The summed E-state index contributed by atoms with van der Waals surface area (Å²) in [7, 11) is 0. The molecule has 3 aromatic rings. The van der Waals surface area contributed by atoms with Gasteiger partial charge in [0, 0.05) is 41.3 Å². The Morgan fingerprint density at radius 3 is 2.41 bits per heavy atom. The number of rotatable bonds is 8. The second-order valence-corrected chi connectivity index (χ2v) is 9.30. The van der Waals surface area contributed by atoms with Crippen LogP contribution in [0.3, 0.4) is 0 Å². The third-order valence-corrected chi connectivity index (χ3v) is 5.44. The van der Waals surface area contributed by atoms with E-state index in [-0.39, 0.29) is 11.8 Å². The maximum atomic E-state index is 13.0. The normalized spacial score (nSPS) is 12.6. The van der Waals surface area contributed by atoms with Crippen LogP contribution in [0.1, 0.15) is 55.2 Å². The number of hydrogen-bond acceptors (Lipinski definition) is 5. The molecule has 4 rings (SSSR count). The Kier molecular flexibility index (Phi) is 6.92. The molecule has 0 unspecified atom stereocenters. The van der Waals surface area contributed by atoms with Crippen molar-refractivity contribution in [1.29, 1.82) is 0 Å². The largest absolute Gasteiger partial charge is 0.494 e. The molecule has 0 radical (unpaired) electrons. The van der Waals surface area contributed by atoms with Crippen molar-refractivity contribution in [3.8, 4) is 16.9 Å². The van der Waals surface area contributed by atoms with E-state index in [1.54, 1.807) is 0 Å². The maximum absolute atomic E-state index is 13.0. The summed E-state index contributed by atoms with van der Waals surface area (Å²) in [5.41, 5.74) is 4.69. The van der Waals surface area contributed by atoms with Gasteiger partial charge < -0.3 is 9.47 Å². The minimum absolute atomic E-state index is 0.0217. The first-order chi connectivity index (χ1) is 16.3. The van der Waals surface area contributed by atoms with Crippen LogP contribution in [0.25, 0.3) is 16.7 Å². The Labute approximate surface area is 200 Å². The van der Waals surface area contributed by atoms with Crippen LogP contribution < -0.4 is 4.74 Å². The van der Waals surface area contributed by atoms with Crippen molar-refractivity contribution in [2.24, 2.45) is 0 Å². The van der Waals surface area contributed by atoms with Gasteiger partial charge in [-0.15, -0.1) is 0 Å². The fraction of sp³-hybridized carbons (Fsp3) is 0.276. The first-order valence-corrected chi connectivity index (χ1v) is 11.5. The first-order valence-electron chi connectivity index (χ1n) is 11.5. The lowest BCUT2D eigenvalue weighted by Gasteiger charge is -2.19. The molecule has 0 saturated carbocycles. The number of nitrogens with zero attached hydrogens (tertiary/aromatic N) is 1. The highest BCUT2D eigenvalue weighted by Gasteiger charge is 2.23. The zero-order chi connectivity index (χ0) is 24.1. The van der Waals surface area contributed by atoms with Gasteiger partial charge in [-0.05, 0) is 51.0 Å². The number of ether oxygens (including phenoxy) is 2. The van der Waals surface area contributed by atoms with Crippen LogP contribution in [0.15, 0.2) is 72.9 Å². The number of benzene rings is 2. The lowest BCUT2D eigenvalue weighted by molar-refractivity contribution is -0.155. The van der Waals surface area contributed by atoms with Gasteiger partial charge in [-0.1, -0.05) is 48.5 Å². The zero-order valence-corrected chi connectivity index (χ0v) is 19.8. The van der Waals surface area contributed by atoms with Gasteiger partial charge in [-0.25, -0.2) is 0 Å². The Balaban J connectivity index is 1.38. The van der Waals surface area contributed by atoms with Crippen LogP contribution >= 0.6 is 0 Å². The second kappa shape index (κ2) is 10.0. The molecule has 1 aromatic heterocycles. The number of ketones is 1. The number of esters is 1. The predicted molar refractivity (Wildman–Crippen MR) is 133 cm³/mol. The van der Waals surface area contributed by atoms with E-state index in [0.717, 1.165) is 28.1 Å². The minimum atomic E-state index is -0.467. The van der Waals surface area contributed by atoms with Crippen molar-refractivity contribution in [3.63, 3.8) is 0 Å². The molecule has 0 spiro atoms. The van der Waals surface area contributed by atoms with Gasteiger partial charge >= 0.3 is 5.97 Å². The van der Waals surface area contributed by atoms with E-state index in [4.69, 9.17) is 9.47 Å². The Bertz CT molecular complexity index is 1210. The summed E-state index contributed by atoms with van der Waals surface area (Å²) in [6.07, 6.45) is 5.40. The van der Waals surface area contributed by atoms with Crippen LogP contribution in [0, 0.1) is 0 Å². The molecular formula is C29H29NO4. The van der Waals surface area contributed by atoms with E-state index < -0.39 is 5.60 Å². The monoisotopic (exact) mass is 455 g/mol. The van der Waals surface area contributed by atoms with Crippen molar-refractivity contribution in [1.82, 2.24) is 4.98 Å². The molecule has 34 heavy (non-hydrogen) atoms. The summed E-state index contributed by atoms with van der Waals surface area (Å²) >= 11 is 0. The number of allylic oxidation sites excluding steroid dienone is 2. The molecule has 1 aliphatic rings. The molecule has 1 heterocycles. The molecule has 5 nitrogen and oxygen atoms in total. The van der Waals surface area contributed by atoms with Crippen LogP contribution in [-0.2, 0) is 16.0 Å². The highest BCUT2D eigenvalue weighted by Crippen LogP contribution is 2.32. The van der Waals surface area contributed by atoms with Crippen LogP contribution in [0.2, 0.25) is 0 Å². The van der Waals surface area contributed by atoms with Gasteiger partial charge in [0.2, 0.25) is 0 Å². The molecule has 174 valence electrons. The second-order valence-electron chi connectivity index (χ2n) is 9.30. The van der Waals surface area contributed by atoms with Gasteiger partial charge in [0.1, 0.15) is 11.4 Å². The van der Waals surface area contributed by atoms with Gasteiger partial charge in [0.25, 0.3) is 0 Å². The molecule has 0 aliphatic heterocycles. The third-order valence-electron chi connectivity index (χ3n) is 5.44. The SMILES string of the molecule is CC(C)(C)OC(=O)CCCOc1ccc(-c2cnc3c(c2)C(C(=O)c2ccccc2)=CC3)cc1. The maximum Gasteiger partial charge on any atom is 0.306 e. The van der Waals surface area contributed by atoms with Gasteiger partial charge in [-0.2, -0.15) is 0 Å². The fourth-order valence-electron chi connectivity index (χ4n) is 3.86. The topological polar surface area (TPSA) is 65.5 Å². The van der Waals surface area contributed by atoms with E-state index in [1.165, 1.54) is 0 Å². The summed E-state index contributed by atoms with van der Waals surface area (Å²) in [6, 6.07) is 19.1. The molecule has 0 atom stereocenters. The Morgan fingerprint density at radius 2 is 1.71 bits per heavy atom. The summed E-state index contributed by atoms with van der Waals surface area (Å²) < 4.78 is 11.1. The fourth-order valence-corrected chi connectivity index (χ4v) is 3.86. The molecule has 0 amide bonds. The number of carbonyl (C=O) groups excluding carboxylic acids is 2. The smallest absolute Gasteiger partial charge is 0.306 e. The van der Waals surface area contributed by atoms with E-state index in [2.05, 4.69) is 4.98 Å². The van der Waals surface area contributed by atoms with Crippen molar-refractivity contribution < 1.29 is 19.1 Å². The van der Waals surface area contributed by atoms with Crippen molar-refractivity contribution in [2.75, 3.05) is 6.61 Å². The van der Waals surface area contributed by atoms with Gasteiger partial charge in [0.05, 0.1) is 12.3 Å². The number of carbonyl (C=O) groups is 2. The number of Topliss-reactive ketones (excluding diaryl/α,β-unsaturated/α-hetero) is 1. The lowest BCUT2D eigenvalue weighted by atomic mass is 9.97. The average Bonchev–Trinajstić information content (AvgIpc) is 3.24. The summed E-state index contributed by atoms with van der Waals surface area (Å²) in [5.74, 6) is 0.546. The highest BCUT2D eigenvalue weighted by molar-refractivity contribution is 6.29. The molecule has 1 aliphatic carbocycles. The summed E-state index contributed by atoms with van der Waals surface area (Å²) in [4.78, 5) is 29.4. The number of pyridine rings is 1. The van der Waals surface area contributed by atoms with Crippen molar-refractivity contribution in [2.45, 2.75) is 45.6 Å². The highest BCUT2D eigenvalue weighted by atomic mass is 16.6. The lowest BCUT2D eigenvalue weighted by Crippen LogP contribution is -2.23. The van der Waals surface area contributed by atoms with Gasteiger partial charge in [-0.3, -0.25) is 14.6 Å². The van der Waals surface area contributed by atoms with Gasteiger partial charge in [0.15, 0.2) is 5.78 Å². The zero-order valence-electron chi connectivity index (χ0n) is 19.8. The number of fused-ring (bicyclic) bond motifs is 1. The van der Waals surface area contributed by atoms with Crippen molar-refractivity contribution in [3.05, 3.63) is 89.8 Å². The Morgan fingerprint density at radius 1 is 0.971 bits per heavy atom.